The average molecular weight is 254 g/mol. The smallest absolute Gasteiger partial charge is 0.118 e. The zero-order valence-corrected chi connectivity index (χ0v) is 11.0. The minimum absolute atomic E-state index is 0.000351. The molecule has 1 aromatic rings. The Balaban J connectivity index is 2.21. The Bertz CT molecular complexity index is 323. The number of aliphatic hydroxyl groups excluding tert-OH is 2. The van der Waals surface area contributed by atoms with Crippen molar-refractivity contribution in [3.63, 3.8) is 0 Å². The molecule has 0 heterocycles. The molecule has 0 fully saturated rings. The van der Waals surface area contributed by atoms with Gasteiger partial charge < -0.3 is 19.7 Å². The van der Waals surface area contributed by atoms with Crippen LogP contribution in [0.5, 0.6) is 5.75 Å². The number of methoxy groups -OCH3 is 1. The lowest BCUT2D eigenvalue weighted by Gasteiger charge is -2.16. The largest absolute Gasteiger partial charge is 0.497 e. The van der Waals surface area contributed by atoms with Crippen molar-refractivity contribution in [1.29, 1.82) is 0 Å². The first-order valence-corrected chi connectivity index (χ1v) is 6.17. The zero-order chi connectivity index (χ0) is 13.4. The van der Waals surface area contributed by atoms with Crippen LogP contribution in [0.25, 0.3) is 0 Å². The second kappa shape index (κ2) is 8.08. The van der Waals surface area contributed by atoms with Crippen LogP contribution in [-0.4, -0.2) is 36.6 Å². The topological polar surface area (TPSA) is 58.9 Å². The molecule has 0 saturated heterocycles. The van der Waals surface area contributed by atoms with Gasteiger partial charge in [-0.15, -0.1) is 0 Å². The maximum absolute atomic E-state index is 9.63. The Kier molecular flexibility index (Phi) is 6.72. The van der Waals surface area contributed by atoms with E-state index in [1.807, 2.05) is 31.2 Å². The van der Waals surface area contributed by atoms with E-state index in [9.17, 15) is 5.11 Å². The van der Waals surface area contributed by atoms with Gasteiger partial charge in [-0.3, -0.25) is 0 Å². The lowest BCUT2D eigenvalue weighted by molar-refractivity contribution is 0.0325. The summed E-state index contributed by atoms with van der Waals surface area (Å²) in [6.07, 6.45) is 0.0311. The second-order valence-corrected chi connectivity index (χ2v) is 4.42. The molecule has 0 unspecified atom stereocenters. The van der Waals surface area contributed by atoms with Gasteiger partial charge in [0.15, 0.2) is 0 Å². The van der Waals surface area contributed by atoms with E-state index in [4.69, 9.17) is 14.6 Å². The lowest BCUT2D eigenvalue weighted by atomic mass is 10.0. The summed E-state index contributed by atoms with van der Waals surface area (Å²) in [5, 5.41) is 18.5. The minimum Gasteiger partial charge on any atom is -0.497 e. The number of rotatable bonds is 8. The summed E-state index contributed by atoms with van der Waals surface area (Å²) < 4.78 is 10.5. The molecule has 0 aliphatic carbocycles. The van der Waals surface area contributed by atoms with Gasteiger partial charge in [0.2, 0.25) is 0 Å². The molecule has 1 rings (SSSR count). The van der Waals surface area contributed by atoms with Crippen LogP contribution >= 0.6 is 0 Å². The highest BCUT2D eigenvalue weighted by Crippen LogP contribution is 2.12. The van der Waals surface area contributed by atoms with E-state index in [0.717, 1.165) is 11.3 Å². The van der Waals surface area contributed by atoms with Gasteiger partial charge in [-0.2, -0.15) is 0 Å². The highest BCUT2D eigenvalue weighted by atomic mass is 16.5. The third-order valence-electron chi connectivity index (χ3n) is 2.93. The van der Waals surface area contributed by atoms with Crippen molar-refractivity contribution >= 4 is 0 Å². The highest BCUT2D eigenvalue weighted by Gasteiger charge is 2.12. The molecule has 0 aliphatic rings. The van der Waals surface area contributed by atoms with E-state index >= 15 is 0 Å². The number of hydrogen-bond acceptors (Lipinski definition) is 4. The lowest BCUT2D eigenvalue weighted by Crippen LogP contribution is -2.22. The van der Waals surface area contributed by atoms with Gasteiger partial charge in [0.05, 0.1) is 19.8 Å². The number of hydrogen-bond donors (Lipinski definition) is 2. The normalized spacial score (nSPS) is 14.2. The fourth-order valence-corrected chi connectivity index (χ4v) is 1.52. The molecule has 0 aliphatic heterocycles. The summed E-state index contributed by atoms with van der Waals surface area (Å²) in [5.74, 6) is 0.723. The molecule has 4 nitrogen and oxygen atoms in total. The summed E-state index contributed by atoms with van der Waals surface area (Å²) in [4.78, 5) is 0. The van der Waals surface area contributed by atoms with Crippen LogP contribution in [0.3, 0.4) is 0 Å². The third-order valence-corrected chi connectivity index (χ3v) is 2.93. The summed E-state index contributed by atoms with van der Waals surface area (Å²) >= 11 is 0. The van der Waals surface area contributed by atoms with Crippen LogP contribution in [0.4, 0.5) is 0 Å². The molecule has 4 heteroatoms. The second-order valence-electron chi connectivity index (χ2n) is 4.42. The van der Waals surface area contributed by atoms with Crippen molar-refractivity contribution in [2.24, 2.45) is 5.92 Å². The van der Waals surface area contributed by atoms with E-state index in [1.165, 1.54) is 0 Å². The maximum Gasteiger partial charge on any atom is 0.118 e. The van der Waals surface area contributed by atoms with Crippen LogP contribution in [0.15, 0.2) is 24.3 Å². The molecule has 0 saturated carbocycles. The molecule has 0 radical (unpaired) electrons. The van der Waals surface area contributed by atoms with Crippen molar-refractivity contribution in [3.05, 3.63) is 29.8 Å². The Morgan fingerprint density at radius 1 is 1.22 bits per heavy atom. The standard InChI is InChI=1S/C14H22O4/c1-11(9-15)14(16)7-8-18-10-12-3-5-13(17-2)6-4-12/h3-6,11,14-16H,7-10H2,1-2H3/t11-,14+/m1/s1. The van der Waals surface area contributed by atoms with E-state index in [-0.39, 0.29) is 12.5 Å². The summed E-state index contributed by atoms with van der Waals surface area (Å²) in [7, 11) is 1.63. The van der Waals surface area contributed by atoms with Crippen molar-refractivity contribution in [1.82, 2.24) is 0 Å². The van der Waals surface area contributed by atoms with Gasteiger partial charge >= 0.3 is 0 Å². The van der Waals surface area contributed by atoms with Crippen LogP contribution in [-0.2, 0) is 11.3 Å². The highest BCUT2D eigenvalue weighted by molar-refractivity contribution is 5.26. The monoisotopic (exact) mass is 254 g/mol. The van der Waals surface area contributed by atoms with Crippen LogP contribution < -0.4 is 4.74 Å². The fourth-order valence-electron chi connectivity index (χ4n) is 1.52. The molecule has 2 N–H and O–H groups in total. The van der Waals surface area contributed by atoms with Crippen molar-refractivity contribution in [2.75, 3.05) is 20.3 Å². The Morgan fingerprint density at radius 3 is 2.44 bits per heavy atom. The first kappa shape index (κ1) is 15.0. The van der Waals surface area contributed by atoms with Crippen molar-refractivity contribution in [2.45, 2.75) is 26.1 Å². The quantitative estimate of drug-likeness (QED) is 0.692. The molecule has 0 spiro atoms. The van der Waals surface area contributed by atoms with Gasteiger partial charge in [-0.1, -0.05) is 19.1 Å². The van der Waals surface area contributed by atoms with E-state index < -0.39 is 6.10 Å². The first-order chi connectivity index (χ1) is 8.67. The van der Waals surface area contributed by atoms with E-state index in [1.54, 1.807) is 7.11 Å². The van der Waals surface area contributed by atoms with Crippen LogP contribution in [0, 0.1) is 5.92 Å². The average Bonchev–Trinajstić information content (AvgIpc) is 2.43. The Morgan fingerprint density at radius 2 is 1.89 bits per heavy atom. The fraction of sp³-hybridized carbons (Fsp3) is 0.571. The molecule has 0 aromatic heterocycles. The van der Waals surface area contributed by atoms with Gasteiger partial charge in [-0.25, -0.2) is 0 Å². The van der Waals surface area contributed by atoms with Gasteiger partial charge in [0, 0.05) is 19.1 Å². The Hall–Kier alpha value is -1.10. The summed E-state index contributed by atoms with van der Waals surface area (Å²) in [5.41, 5.74) is 1.07. The SMILES string of the molecule is COc1ccc(COCC[C@H](O)[C@H](C)CO)cc1. The van der Waals surface area contributed by atoms with Gasteiger partial charge in [0.1, 0.15) is 5.75 Å². The molecule has 2 atom stereocenters. The van der Waals surface area contributed by atoms with Crippen molar-refractivity contribution in [3.8, 4) is 5.75 Å². The molecule has 1 aromatic carbocycles. The first-order valence-electron chi connectivity index (χ1n) is 6.17. The molecular formula is C14H22O4. The molecule has 18 heavy (non-hydrogen) atoms. The van der Waals surface area contributed by atoms with E-state index in [2.05, 4.69) is 0 Å². The summed E-state index contributed by atoms with van der Waals surface area (Å²) in [6, 6.07) is 7.68. The molecule has 0 amide bonds. The Labute approximate surface area is 108 Å². The van der Waals surface area contributed by atoms with Crippen LogP contribution in [0.1, 0.15) is 18.9 Å². The molecule has 0 bridgehead atoms. The summed E-state index contributed by atoms with van der Waals surface area (Å²) in [6.45, 7) is 2.82. The molecule has 102 valence electrons. The van der Waals surface area contributed by atoms with Crippen molar-refractivity contribution < 1.29 is 19.7 Å². The molecular weight excluding hydrogens is 232 g/mol. The van der Waals surface area contributed by atoms with E-state index in [0.29, 0.717) is 19.6 Å². The van der Waals surface area contributed by atoms with Gasteiger partial charge in [-0.05, 0) is 24.1 Å². The van der Waals surface area contributed by atoms with Gasteiger partial charge in [0.25, 0.3) is 0 Å². The third kappa shape index (κ3) is 5.04. The number of ether oxygens (including phenoxy) is 2. The maximum atomic E-state index is 9.63. The predicted molar refractivity (Wildman–Crippen MR) is 69.5 cm³/mol. The predicted octanol–water partition coefficient (Wildman–Crippen LogP) is 1.59. The number of aliphatic hydroxyl groups is 2. The number of benzene rings is 1. The minimum atomic E-state index is -0.508. The van der Waals surface area contributed by atoms with Crippen LogP contribution in [0.2, 0.25) is 0 Å². The zero-order valence-electron chi connectivity index (χ0n) is 11.0.